The molecule has 3 rings (SSSR count). The zero-order valence-electron chi connectivity index (χ0n) is 10.6. The van der Waals surface area contributed by atoms with Crippen LogP contribution < -0.4 is 14.8 Å². The number of halogens is 3. The number of para-hydroxylation sites is 1. The zero-order chi connectivity index (χ0) is 14.9. The first kappa shape index (κ1) is 13.5. The lowest BCUT2D eigenvalue weighted by molar-refractivity contribution is -0.141. The molecule has 2 heterocycles. The summed E-state index contributed by atoms with van der Waals surface area (Å²) in [6.45, 7) is 0.361. The van der Waals surface area contributed by atoms with Crippen LogP contribution in [0.15, 0.2) is 30.5 Å². The number of anilines is 1. The summed E-state index contributed by atoms with van der Waals surface area (Å²) in [5, 5.41) is 2.75. The van der Waals surface area contributed by atoms with Gasteiger partial charge < -0.3 is 14.8 Å². The minimum atomic E-state index is -4.50. The van der Waals surface area contributed by atoms with E-state index in [9.17, 15) is 13.2 Å². The monoisotopic (exact) mass is 297 g/mol. The van der Waals surface area contributed by atoms with Gasteiger partial charge in [-0.1, -0.05) is 12.1 Å². The van der Waals surface area contributed by atoms with Gasteiger partial charge in [-0.05, 0) is 12.1 Å². The number of rotatable bonds is 3. The molecule has 0 fully saturated rings. The van der Waals surface area contributed by atoms with Gasteiger partial charge in [-0.15, -0.1) is 0 Å². The van der Waals surface area contributed by atoms with Crippen LogP contribution >= 0.6 is 0 Å². The lowest BCUT2D eigenvalue weighted by atomic mass is 10.2. The predicted molar refractivity (Wildman–Crippen MR) is 66.9 cm³/mol. The highest BCUT2D eigenvalue weighted by atomic mass is 19.4. The number of aromatic nitrogens is 2. The van der Waals surface area contributed by atoms with Crippen LogP contribution in [0.3, 0.4) is 0 Å². The standard InChI is InChI=1S/C13H10F3N3O2/c14-13(15,16)10-4-5-17-12(19-10)18-6-8-2-1-3-9-11(8)21-7-20-9/h1-5H,6-7H2,(H,17,18,19). The maximum Gasteiger partial charge on any atom is 0.433 e. The number of benzene rings is 1. The van der Waals surface area contributed by atoms with E-state index in [1.165, 1.54) is 0 Å². The van der Waals surface area contributed by atoms with Crippen molar-refractivity contribution in [3.8, 4) is 11.5 Å². The van der Waals surface area contributed by atoms with E-state index in [2.05, 4.69) is 15.3 Å². The van der Waals surface area contributed by atoms with Crippen molar-refractivity contribution in [2.75, 3.05) is 12.1 Å². The van der Waals surface area contributed by atoms with Gasteiger partial charge in [-0.3, -0.25) is 0 Å². The molecule has 8 heteroatoms. The number of nitrogens with zero attached hydrogens (tertiary/aromatic N) is 2. The van der Waals surface area contributed by atoms with Gasteiger partial charge in [0.1, 0.15) is 5.69 Å². The highest BCUT2D eigenvalue weighted by Gasteiger charge is 2.32. The summed E-state index contributed by atoms with van der Waals surface area (Å²) in [5.74, 6) is 1.09. The van der Waals surface area contributed by atoms with Crippen LogP contribution in [-0.4, -0.2) is 16.8 Å². The molecular formula is C13H10F3N3O2. The summed E-state index contributed by atoms with van der Waals surface area (Å²) in [7, 11) is 0. The van der Waals surface area contributed by atoms with Crippen LogP contribution in [0, 0.1) is 0 Å². The highest BCUT2D eigenvalue weighted by Crippen LogP contribution is 2.35. The maximum atomic E-state index is 12.6. The fourth-order valence-corrected chi connectivity index (χ4v) is 1.91. The Bertz CT molecular complexity index is 661. The molecular weight excluding hydrogens is 287 g/mol. The van der Waals surface area contributed by atoms with Gasteiger partial charge in [0.15, 0.2) is 11.5 Å². The Labute approximate surface area is 117 Å². The minimum Gasteiger partial charge on any atom is -0.454 e. The average molecular weight is 297 g/mol. The largest absolute Gasteiger partial charge is 0.454 e. The van der Waals surface area contributed by atoms with Crippen LogP contribution in [-0.2, 0) is 12.7 Å². The maximum absolute atomic E-state index is 12.6. The van der Waals surface area contributed by atoms with Crippen LogP contribution in [0.2, 0.25) is 0 Å². The lowest BCUT2D eigenvalue weighted by Crippen LogP contribution is -2.11. The number of alkyl halides is 3. The second-order valence-electron chi connectivity index (χ2n) is 4.27. The first-order valence-corrected chi connectivity index (χ1v) is 6.05. The molecule has 2 aromatic rings. The number of nitrogens with one attached hydrogen (secondary N) is 1. The molecule has 0 bridgehead atoms. The quantitative estimate of drug-likeness (QED) is 0.944. The molecule has 1 aromatic heterocycles. The zero-order valence-corrected chi connectivity index (χ0v) is 10.6. The van der Waals surface area contributed by atoms with Gasteiger partial charge in [0.05, 0.1) is 0 Å². The molecule has 5 nitrogen and oxygen atoms in total. The number of hydrogen-bond donors (Lipinski definition) is 1. The second kappa shape index (κ2) is 5.12. The molecule has 0 unspecified atom stereocenters. The topological polar surface area (TPSA) is 56.3 Å². The summed E-state index contributed by atoms with van der Waals surface area (Å²) in [4.78, 5) is 7.20. The average Bonchev–Trinajstić information content (AvgIpc) is 2.93. The Kier molecular flexibility index (Phi) is 3.28. The fourth-order valence-electron chi connectivity index (χ4n) is 1.91. The summed E-state index contributed by atoms with van der Waals surface area (Å²) in [6.07, 6.45) is -3.43. The normalized spacial score (nSPS) is 13.3. The van der Waals surface area contributed by atoms with E-state index < -0.39 is 11.9 Å². The fraction of sp³-hybridized carbons (Fsp3) is 0.231. The second-order valence-corrected chi connectivity index (χ2v) is 4.27. The SMILES string of the molecule is FC(F)(F)c1ccnc(NCc2cccc3c2OCO3)n1. The summed E-state index contributed by atoms with van der Waals surface area (Å²) in [6, 6.07) is 6.14. The third-order valence-corrected chi connectivity index (χ3v) is 2.86. The predicted octanol–water partition coefficient (Wildman–Crippen LogP) is 2.84. The molecule has 0 saturated heterocycles. The van der Waals surface area contributed by atoms with E-state index in [1.807, 2.05) is 0 Å². The van der Waals surface area contributed by atoms with E-state index in [-0.39, 0.29) is 19.3 Å². The third kappa shape index (κ3) is 2.83. The Morgan fingerprint density at radius 3 is 2.86 bits per heavy atom. The molecule has 21 heavy (non-hydrogen) atoms. The van der Waals surface area contributed by atoms with Crippen molar-refractivity contribution in [1.29, 1.82) is 0 Å². The van der Waals surface area contributed by atoms with Crippen molar-refractivity contribution in [2.24, 2.45) is 0 Å². The third-order valence-electron chi connectivity index (χ3n) is 2.86. The van der Waals surface area contributed by atoms with Gasteiger partial charge in [-0.25, -0.2) is 9.97 Å². The van der Waals surface area contributed by atoms with E-state index in [0.717, 1.165) is 17.8 Å². The van der Waals surface area contributed by atoms with E-state index in [1.54, 1.807) is 18.2 Å². The molecule has 110 valence electrons. The molecule has 1 N–H and O–H groups in total. The van der Waals surface area contributed by atoms with Crippen LogP contribution in [0.5, 0.6) is 11.5 Å². The van der Waals surface area contributed by atoms with Gasteiger partial charge in [0, 0.05) is 18.3 Å². The van der Waals surface area contributed by atoms with Gasteiger partial charge in [0.25, 0.3) is 0 Å². The number of fused-ring (bicyclic) bond motifs is 1. The Balaban J connectivity index is 1.76. The highest BCUT2D eigenvalue weighted by molar-refractivity contribution is 5.49. The molecule has 0 radical (unpaired) electrons. The van der Waals surface area contributed by atoms with Crippen LogP contribution in [0.4, 0.5) is 19.1 Å². The van der Waals surface area contributed by atoms with Crippen molar-refractivity contribution in [3.63, 3.8) is 0 Å². The van der Waals surface area contributed by atoms with Crippen molar-refractivity contribution in [3.05, 3.63) is 41.7 Å². The first-order chi connectivity index (χ1) is 10.0. The van der Waals surface area contributed by atoms with Crippen LogP contribution in [0.25, 0.3) is 0 Å². The van der Waals surface area contributed by atoms with E-state index >= 15 is 0 Å². The summed E-state index contributed by atoms with van der Waals surface area (Å²) >= 11 is 0. The van der Waals surface area contributed by atoms with Gasteiger partial charge in [-0.2, -0.15) is 13.2 Å². The van der Waals surface area contributed by atoms with E-state index in [0.29, 0.717) is 11.5 Å². The molecule has 0 atom stereocenters. The van der Waals surface area contributed by atoms with Crippen molar-refractivity contribution >= 4 is 5.95 Å². The summed E-state index contributed by atoms with van der Waals surface area (Å²) in [5.41, 5.74) is -0.233. The van der Waals surface area contributed by atoms with Crippen molar-refractivity contribution in [2.45, 2.75) is 12.7 Å². The molecule has 1 aromatic carbocycles. The Hall–Kier alpha value is -2.51. The molecule has 0 saturated carbocycles. The molecule has 1 aliphatic heterocycles. The molecule has 0 aliphatic carbocycles. The minimum absolute atomic E-state index is 0.0960. The number of hydrogen-bond acceptors (Lipinski definition) is 5. The van der Waals surface area contributed by atoms with Crippen LogP contribution in [0.1, 0.15) is 11.3 Å². The number of ether oxygens (including phenoxy) is 2. The van der Waals surface area contributed by atoms with Crippen molar-refractivity contribution < 1.29 is 22.6 Å². The first-order valence-electron chi connectivity index (χ1n) is 6.05. The Morgan fingerprint density at radius 2 is 2.05 bits per heavy atom. The van der Waals surface area contributed by atoms with E-state index in [4.69, 9.17) is 9.47 Å². The summed E-state index contributed by atoms with van der Waals surface area (Å²) < 4.78 is 48.2. The lowest BCUT2D eigenvalue weighted by Gasteiger charge is -2.09. The Morgan fingerprint density at radius 1 is 1.19 bits per heavy atom. The molecule has 0 amide bonds. The van der Waals surface area contributed by atoms with Gasteiger partial charge >= 0.3 is 6.18 Å². The smallest absolute Gasteiger partial charge is 0.433 e. The van der Waals surface area contributed by atoms with Crippen molar-refractivity contribution in [1.82, 2.24) is 9.97 Å². The molecule has 1 aliphatic rings. The molecule has 0 spiro atoms. The van der Waals surface area contributed by atoms with Gasteiger partial charge in [0.2, 0.25) is 12.7 Å².